The summed E-state index contributed by atoms with van der Waals surface area (Å²) in [5.41, 5.74) is 6.02. The number of methoxy groups -OCH3 is 2. The van der Waals surface area contributed by atoms with Crippen molar-refractivity contribution >= 4 is 5.91 Å². The quantitative estimate of drug-likeness (QED) is 0.563. The molecule has 1 rings (SSSR count). The standard InChI is InChI=1S/C9H17N5O3/c1-16-9(17-2)4-11-8(15)6-14-5-7(3-10)12-13-14/h5,9H,3-4,6,10H2,1-2H3,(H,11,15). The number of carbonyl (C=O) groups is 1. The zero-order valence-corrected chi connectivity index (χ0v) is 9.92. The molecule has 0 saturated carbocycles. The molecular weight excluding hydrogens is 226 g/mol. The smallest absolute Gasteiger partial charge is 0.241 e. The van der Waals surface area contributed by atoms with Gasteiger partial charge in [0.15, 0.2) is 6.29 Å². The number of carbonyl (C=O) groups excluding carboxylic acids is 1. The first-order valence-corrected chi connectivity index (χ1v) is 5.11. The van der Waals surface area contributed by atoms with Crippen molar-refractivity contribution in [3.05, 3.63) is 11.9 Å². The van der Waals surface area contributed by atoms with Crippen LogP contribution in [-0.2, 0) is 27.4 Å². The van der Waals surface area contributed by atoms with Gasteiger partial charge in [-0.3, -0.25) is 4.79 Å². The number of nitrogens with zero attached hydrogens (tertiary/aromatic N) is 3. The minimum Gasteiger partial charge on any atom is -0.354 e. The van der Waals surface area contributed by atoms with Gasteiger partial charge in [-0.05, 0) is 0 Å². The third-order valence-corrected chi connectivity index (χ3v) is 2.09. The molecule has 8 nitrogen and oxygen atoms in total. The summed E-state index contributed by atoms with van der Waals surface area (Å²) < 4.78 is 11.3. The fraction of sp³-hybridized carbons (Fsp3) is 0.667. The average molecular weight is 243 g/mol. The molecule has 0 saturated heterocycles. The molecule has 0 aromatic carbocycles. The third-order valence-electron chi connectivity index (χ3n) is 2.09. The van der Waals surface area contributed by atoms with E-state index in [0.717, 1.165) is 0 Å². The van der Waals surface area contributed by atoms with E-state index in [1.807, 2.05) is 0 Å². The molecule has 8 heteroatoms. The van der Waals surface area contributed by atoms with Crippen LogP contribution >= 0.6 is 0 Å². The van der Waals surface area contributed by atoms with Gasteiger partial charge in [0.2, 0.25) is 5.91 Å². The fourth-order valence-electron chi connectivity index (χ4n) is 1.17. The van der Waals surface area contributed by atoms with Crippen LogP contribution in [0.2, 0.25) is 0 Å². The van der Waals surface area contributed by atoms with Gasteiger partial charge < -0.3 is 20.5 Å². The molecule has 0 aliphatic rings. The van der Waals surface area contributed by atoms with E-state index in [0.29, 0.717) is 12.2 Å². The van der Waals surface area contributed by atoms with Gasteiger partial charge in [0.25, 0.3) is 0 Å². The summed E-state index contributed by atoms with van der Waals surface area (Å²) >= 11 is 0. The number of ether oxygens (including phenoxy) is 2. The Morgan fingerprint density at radius 3 is 2.82 bits per heavy atom. The van der Waals surface area contributed by atoms with Crippen molar-refractivity contribution in [2.45, 2.75) is 19.4 Å². The summed E-state index contributed by atoms with van der Waals surface area (Å²) in [5, 5.41) is 10.2. The highest BCUT2D eigenvalue weighted by molar-refractivity contribution is 5.75. The van der Waals surface area contributed by atoms with Crippen LogP contribution in [0.4, 0.5) is 0 Å². The monoisotopic (exact) mass is 243 g/mol. The van der Waals surface area contributed by atoms with Crippen molar-refractivity contribution in [2.75, 3.05) is 20.8 Å². The van der Waals surface area contributed by atoms with Crippen LogP contribution < -0.4 is 11.1 Å². The van der Waals surface area contributed by atoms with Crippen LogP contribution in [0.15, 0.2) is 6.20 Å². The van der Waals surface area contributed by atoms with Crippen LogP contribution in [0.3, 0.4) is 0 Å². The number of aromatic nitrogens is 3. The zero-order chi connectivity index (χ0) is 12.7. The second-order valence-electron chi connectivity index (χ2n) is 3.32. The van der Waals surface area contributed by atoms with Crippen molar-refractivity contribution in [1.29, 1.82) is 0 Å². The predicted octanol–water partition coefficient (Wildman–Crippen LogP) is -1.53. The van der Waals surface area contributed by atoms with Gasteiger partial charge in [-0.15, -0.1) is 5.10 Å². The van der Waals surface area contributed by atoms with E-state index in [2.05, 4.69) is 15.6 Å². The van der Waals surface area contributed by atoms with Gasteiger partial charge in [-0.2, -0.15) is 0 Å². The van der Waals surface area contributed by atoms with Gasteiger partial charge in [0, 0.05) is 20.8 Å². The molecule has 1 amide bonds. The maximum absolute atomic E-state index is 11.5. The molecule has 1 aromatic heterocycles. The van der Waals surface area contributed by atoms with Gasteiger partial charge in [0.1, 0.15) is 6.54 Å². The molecule has 0 atom stereocenters. The lowest BCUT2D eigenvalue weighted by molar-refractivity contribution is -0.128. The van der Waals surface area contributed by atoms with E-state index in [-0.39, 0.29) is 19.0 Å². The Morgan fingerprint density at radius 1 is 1.59 bits per heavy atom. The second kappa shape index (κ2) is 6.94. The van der Waals surface area contributed by atoms with Crippen LogP contribution in [0.25, 0.3) is 0 Å². The molecule has 1 aromatic rings. The lowest BCUT2D eigenvalue weighted by atomic mass is 10.5. The molecule has 0 fully saturated rings. The Balaban J connectivity index is 2.34. The maximum Gasteiger partial charge on any atom is 0.241 e. The van der Waals surface area contributed by atoms with Gasteiger partial charge >= 0.3 is 0 Å². The van der Waals surface area contributed by atoms with Crippen molar-refractivity contribution in [2.24, 2.45) is 5.73 Å². The number of rotatable bonds is 7. The summed E-state index contributed by atoms with van der Waals surface area (Å²) in [4.78, 5) is 11.5. The van der Waals surface area contributed by atoms with Gasteiger partial charge in [-0.1, -0.05) is 5.21 Å². The highest BCUT2D eigenvalue weighted by Gasteiger charge is 2.09. The van der Waals surface area contributed by atoms with Crippen molar-refractivity contribution < 1.29 is 14.3 Å². The summed E-state index contributed by atoms with van der Waals surface area (Å²) in [6, 6.07) is 0. The minimum atomic E-state index is -0.450. The van der Waals surface area contributed by atoms with Crippen molar-refractivity contribution in [1.82, 2.24) is 20.3 Å². The van der Waals surface area contributed by atoms with Crippen LogP contribution in [0, 0.1) is 0 Å². The second-order valence-corrected chi connectivity index (χ2v) is 3.32. The molecule has 17 heavy (non-hydrogen) atoms. The summed E-state index contributed by atoms with van der Waals surface area (Å²) in [5.74, 6) is -0.197. The molecule has 0 radical (unpaired) electrons. The van der Waals surface area contributed by atoms with E-state index in [1.54, 1.807) is 6.20 Å². The molecule has 0 unspecified atom stereocenters. The average Bonchev–Trinajstić information content (AvgIpc) is 2.78. The predicted molar refractivity (Wildman–Crippen MR) is 58.7 cm³/mol. The first-order valence-electron chi connectivity index (χ1n) is 5.11. The first kappa shape index (κ1) is 13.6. The van der Waals surface area contributed by atoms with Gasteiger partial charge in [0.05, 0.1) is 18.4 Å². The Labute approximate surface area is 99.1 Å². The van der Waals surface area contributed by atoms with Gasteiger partial charge in [-0.25, -0.2) is 4.68 Å². The van der Waals surface area contributed by atoms with Crippen LogP contribution in [-0.4, -0.2) is 48.0 Å². The topological polar surface area (TPSA) is 104 Å². The summed E-state index contributed by atoms with van der Waals surface area (Å²) in [7, 11) is 3.01. The molecule has 96 valence electrons. The Kier molecular flexibility index (Phi) is 5.53. The van der Waals surface area contributed by atoms with E-state index in [9.17, 15) is 4.79 Å². The molecule has 3 N–H and O–H groups in total. The fourth-order valence-corrected chi connectivity index (χ4v) is 1.17. The lowest BCUT2D eigenvalue weighted by Gasteiger charge is -2.13. The van der Waals surface area contributed by atoms with Crippen LogP contribution in [0.5, 0.6) is 0 Å². The zero-order valence-electron chi connectivity index (χ0n) is 9.92. The number of nitrogens with two attached hydrogens (primary N) is 1. The normalized spacial score (nSPS) is 10.8. The van der Waals surface area contributed by atoms with E-state index < -0.39 is 6.29 Å². The molecule has 0 bridgehead atoms. The minimum absolute atomic E-state index is 0.0904. The van der Waals surface area contributed by atoms with Crippen molar-refractivity contribution in [3.63, 3.8) is 0 Å². The number of nitrogens with one attached hydrogen (secondary N) is 1. The number of hydrogen-bond acceptors (Lipinski definition) is 6. The largest absolute Gasteiger partial charge is 0.354 e. The molecular formula is C9H17N5O3. The Bertz CT molecular complexity index is 350. The maximum atomic E-state index is 11.5. The van der Waals surface area contributed by atoms with Crippen LogP contribution in [0.1, 0.15) is 5.69 Å². The molecule has 0 aliphatic heterocycles. The third kappa shape index (κ3) is 4.47. The van der Waals surface area contributed by atoms with Crippen molar-refractivity contribution in [3.8, 4) is 0 Å². The number of hydrogen-bond donors (Lipinski definition) is 2. The summed E-state index contributed by atoms with van der Waals surface area (Å²) in [6.45, 7) is 0.675. The SMILES string of the molecule is COC(CNC(=O)Cn1cc(CN)nn1)OC. The molecule has 1 heterocycles. The highest BCUT2D eigenvalue weighted by Crippen LogP contribution is 1.91. The van der Waals surface area contributed by atoms with E-state index in [1.165, 1.54) is 18.9 Å². The highest BCUT2D eigenvalue weighted by atomic mass is 16.7. The number of amides is 1. The molecule has 0 spiro atoms. The van der Waals surface area contributed by atoms with E-state index in [4.69, 9.17) is 15.2 Å². The lowest BCUT2D eigenvalue weighted by Crippen LogP contribution is -2.36. The Morgan fingerprint density at radius 2 is 2.29 bits per heavy atom. The molecule has 0 aliphatic carbocycles. The van der Waals surface area contributed by atoms with E-state index >= 15 is 0 Å². The summed E-state index contributed by atoms with van der Waals surface area (Å²) in [6.07, 6.45) is 1.18. The Hall–Kier alpha value is -1.51. The first-order chi connectivity index (χ1) is 8.19.